The number of piperidine rings is 4. The molecular formula is C70H87Cl2N9O9. The minimum atomic E-state index is -0.493. The third-order valence-corrected chi connectivity index (χ3v) is 18.8. The SMILES string of the molecule is CC(C)(C)OC(=O)N1CCC(CCNC(=O)c2cc(Cl)ccc2C2CCN(CCN3C(=O)COc4ccccc43)CC2)CC1.O=C(NCC1CCN(C(=O)NCc2ccccc2)CC1)c1cc(Cl)ccc1C1CCN(CCN2C(=O)COc3ccccc32)CC1. The van der Waals surface area contributed by atoms with Gasteiger partial charge in [0.1, 0.15) is 17.1 Å². The molecule has 0 unspecified atom stereocenters. The van der Waals surface area contributed by atoms with Gasteiger partial charge in [0.05, 0.1) is 11.4 Å². The second kappa shape index (κ2) is 31.1. The lowest BCUT2D eigenvalue weighted by atomic mass is 9.86. The Hall–Kier alpha value is -7.38. The highest BCUT2D eigenvalue weighted by Crippen LogP contribution is 2.37. The van der Waals surface area contributed by atoms with E-state index in [0.29, 0.717) is 91.9 Å². The summed E-state index contributed by atoms with van der Waals surface area (Å²) in [6.07, 6.45) is 7.87. The summed E-state index contributed by atoms with van der Waals surface area (Å²) in [5, 5.41) is 10.4. The molecule has 0 saturated carbocycles. The fourth-order valence-corrected chi connectivity index (χ4v) is 13.5. The molecule has 5 aromatic carbocycles. The Balaban J connectivity index is 0.000000198. The fourth-order valence-electron chi connectivity index (χ4n) is 13.2. The van der Waals surface area contributed by atoms with Crippen LogP contribution < -0.4 is 35.2 Å². The van der Waals surface area contributed by atoms with Crippen molar-refractivity contribution < 1.29 is 43.0 Å². The number of anilines is 2. The number of nitrogens with one attached hydrogen (secondary N) is 3. The average Bonchev–Trinajstić information content (AvgIpc) is 1.33. The lowest BCUT2D eigenvalue weighted by Crippen LogP contribution is -2.45. The van der Waals surface area contributed by atoms with Crippen LogP contribution in [0.5, 0.6) is 11.5 Å². The number of hydrogen-bond donors (Lipinski definition) is 3. The number of carbonyl (C=O) groups excluding carboxylic acids is 6. The van der Waals surface area contributed by atoms with Crippen LogP contribution in [0.25, 0.3) is 0 Å². The Labute approximate surface area is 539 Å². The topological polar surface area (TPSA) is 186 Å². The van der Waals surface area contributed by atoms with Crippen LogP contribution in [0, 0.1) is 11.8 Å². The Morgan fingerprint density at radius 1 is 0.533 bits per heavy atom. The summed E-state index contributed by atoms with van der Waals surface area (Å²) in [7, 11) is 0. The van der Waals surface area contributed by atoms with Crippen LogP contribution in [0.2, 0.25) is 10.0 Å². The van der Waals surface area contributed by atoms with E-state index in [9.17, 15) is 28.8 Å². The highest BCUT2D eigenvalue weighted by molar-refractivity contribution is 6.31. The molecule has 4 saturated heterocycles. The standard InChI is InChI=1S/C36H42ClN5O4.C34H45ClN4O5/c37-29-10-11-30(28-14-16-40(17-15-28)20-21-42-32-8-4-5-9-33(32)46-25-34(42)43)31(22-29)35(44)38-23-27-12-18-41(19-13-27)36(45)39-24-26-6-2-1-3-7-26;1-34(2,3)44-33(42)38-18-11-24(12-19-38)10-15-36-32(41)28-22-26(35)8-9-27(28)25-13-16-37(17-14-25)20-21-39-29-6-4-5-7-30(29)43-23-31(39)40/h1-11,22,27-28H,12-21,23-25H2,(H,38,44)(H,39,45);4-9,22,24-25H,10-21,23H2,1-3H3,(H,36,41). The number of para-hydroxylation sites is 4. The monoisotopic (exact) mass is 1270 g/mol. The third kappa shape index (κ3) is 17.8. The van der Waals surface area contributed by atoms with Gasteiger partial charge in [-0.15, -0.1) is 0 Å². The van der Waals surface area contributed by atoms with Crippen molar-refractivity contribution in [3.05, 3.63) is 153 Å². The number of benzene rings is 5. The highest BCUT2D eigenvalue weighted by atomic mass is 35.5. The van der Waals surface area contributed by atoms with Gasteiger partial charge in [-0.1, -0.05) is 89.9 Å². The molecule has 6 aliphatic rings. The molecule has 0 bridgehead atoms. The average molecular weight is 1270 g/mol. The van der Waals surface area contributed by atoms with Crippen molar-refractivity contribution in [1.29, 1.82) is 0 Å². The Bertz CT molecular complexity index is 3280. The van der Waals surface area contributed by atoms with Gasteiger partial charge in [0.25, 0.3) is 23.6 Å². The second-order valence-electron chi connectivity index (χ2n) is 25.5. The van der Waals surface area contributed by atoms with E-state index in [1.807, 2.05) is 139 Å². The number of fused-ring (bicyclic) bond motifs is 2. The first-order valence-corrected chi connectivity index (χ1v) is 33.0. The van der Waals surface area contributed by atoms with Crippen molar-refractivity contribution in [2.24, 2.45) is 11.8 Å². The van der Waals surface area contributed by atoms with Crippen molar-refractivity contribution in [3.8, 4) is 11.5 Å². The van der Waals surface area contributed by atoms with Crippen LogP contribution in [0.1, 0.15) is 128 Å². The van der Waals surface area contributed by atoms with Gasteiger partial charge in [0.15, 0.2) is 13.2 Å². The predicted octanol–water partition coefficient (Wildman–Crippen LogP) is 11.0. The number of ether oxygens (including phenoxy) is 3. The zero-order chi connectivity index (χ0) is 63.2. The molecule has 0 aromatic heterocycles. The molecule has 5 aromatic rings. The number of urea groups is 1. The quantitative estimate of drug-likeness (QED) is 0.0804. The Morgan fingerprint density at radius 3 is 1.51 bits per heavy atom. The number of likely N-dealkylation sites (tertiary alicyclic amines) is 4. The molecule has 6 aliphatic heterocycles. The van der Waals surface area contributed by atoms with Crippen molar-refractivity contribution in [3.63, 3.8) is 0 Å². The molecule has 18 nitrogen and oxygen atoms in total. The minimum Gasteiger partial charge on any atom is -0.482 e. The minimum absolute atomic E-state index is 0.0123. The van der Waals surface area contributed by atoms with Crippen LogP contribution in [0.3, 0.4) is 0 Å². The smallest absolute Gasteiger partial charge is 0.410 e. The molecular weight excluding hydrogens is 1180 g/mol. The van der Waals surface area contributed by atoms with E-state index >= 15 is 0 Å². The number of amides is 7. The third-order valence-electron chi connectivity index (χ3n) is 18.3. The molecule has 0 atom stereocenters. The molecule has 90 heavy (non-hydrogen) atoms. The van der Waals surface area contributed by atoms with E-state index < -0.39 is 5.60 Å². The van der Waals surface area contributed by atoms with E-state index in [-0.39, 0.29) is 60.8 Å². The number of hydrogen-bond acceptors (Lipinski definition) is 11. The molecule has 7 amide bonds. The summed E-state index contributed by atoms with van der Waals surface area (Å²) in [6, 6.07) is 36.6. The molecule has 0 radical (unpaired) electrons. The normalized spacial score (nSPS) is 18.1. The summed E-state index contributed by atoms with van der Waals surface area (Å²) < 4.78 is 16.7. The molecule has 6 heterocycles. The number of carbonyl (C=O) groups is 6. The van der Waals surface area contributed by atoms with Crippen LogP contribution >= 0.6 is 23.2 Å². The van der Waals surface area contributed by atoms with Gasteiger partial charge in [0, 0.05) is 93.2 Å². The number of nitrogens with zero attached hydrogens (tertiary/aromatic N) is 6. The van der Waals surface area contributed by atoms with Crippen molar-refractivity contribution in [2.75, 3.05) is 115 Å². The maximum Gasteiger partial charge on any atom is 0.410 e. The first-order chi connectivity index (χ1) is 43.5. The lowest BCUT2D eigenvalue weighted by molar-refractivity contribution is -0.122. The zero-order valence-electron chi connectivity index (χ0n) is 52.3. The van der Waals surface area contributed by atoms with E-state index in [1.54, 1.807) is 17.0 Å². The Morgan fingerprint density at radius 2 is 1.00 bits per heavy atom. The summed E-state index contributed by atoms with van der Waals surface area (Å²) in [6.45, 7) is 16.6. The maximum absolute atomic E-state index is 13.5. The van der Waals surface area contributed by atoms with Crippen molar-refractivity contribution in [1.82, 2.24) is 35.6 Å². The van der Waals surface area contributed by atoms with Gasteiger partial charge in [-0.3, -0.25) is 19.2 Å². The summed E-state index contributed by atoms with van der Waals surface area (Å²) in [4.78, 5) is 89.0. The number of rotatable bonds is 17. The summed E-state index contributed by atoms with van der Waals surface area (Å²) in [5.41, 5.74) is 5.66. The van der Waals surface area contributed by atoms with E-state index in [4.69, 9.17) is 37.4 Å². The molecule has 3 N–H and O–H groups in total. The van der Waals surface area contributed by atoms with Crippen LogP contribution in [0.4, 0.5) is 21.0 Å². The summed E-state index contributed by atoms with van der Waals surface area (Å²) >= 11 is 12.7. The first-order valence-electron chi connectivity index (χ1n) is 32.2. The van der Waals surface area contributed by atoms with Gasteiger partial charge in [-0.05, 0) is 194 Å². The molecule has 11 rings (SSSR count). The van der Waals surface area contributed by atoms with Crippen LogP contribution in [0.15, 0.2) is 115 Å². The molecule has 4 fully saturated rings. The van der Waals surface area contributed by atoms with E-state index in [0.717, 1.165) is 137 Å². The molecule has 20 heteroatoms. The highest BCUT2D eigenvalue weighted by Gasteiger charge is 2.33. The van der Waals surface area contributed by atoms with Gasteiger partial charge in [-0.25, -0.2) is 9.59 Å². The number of halogens is 2. The fraction of sp³-hybridized carbons (Fsp3) is 0.486. The maximum atomic E-state index is 13.5. The van der Waals surface area contributed by atoms with E-state index in [2.05, 4.69) is 25.8 Å². The second-order valence-corrected chi connectivity index (χ2v) is 26.4. The van der Waals surface area contributed by atoms with Gasteiger partial charge in [0.2, 0.25) is 0 Å². The van der Waals surface area contributed by atoms with Crippen molar-refractivity contribution >= 4 is 70.3 Å². The van der Waals surface area contributed by atoms with Crippen LogP contribution in [-0.2, 0) is 20.9 Å². The lowest BCUT2D eigenvalue weighted by Gasteiger charge is -2.35. The van der Waals surface area contributed by atoms with E-state index in [1.165, 1.54) is 0 Å². The van der Waals surface area contributed by atoms with Crippen LogP contribution in [-0.4, -0.2) is 166 Å². The largest absolute Gasteiger partial charge is 0.482 e. The molecule has 480 valence electrons. The van der Waals surface area contributed by atoms with Gasteiger partial charge >= 0.3 is 12.1 Å². The van der Waals surface area contributed by atoms with Gasteiger partial charge < -0.3 is 59.6 Å². The Kier molecular flexibility index (Phi) is 22.7. The molecule has 0 aliphatic carbocycles. The first kappa shape index (κ1) is 65.6. The zero-order valence-corrected chi connectivity index (χ0v) is 53.8. The summed E-state index contributed by atoms with van der Waals surface area (Å²) in [5.74, 6) is 2.61. The molecule has 0 spiro atoms. The predicted molar refractivity (Wildman–Crippen MR) is 351 cm³/mol. The van der Waals surface area contributed by atoms with Crippen molar-refractivity contribution in [2.45, 2.75) is 103 Å². The van der Waals surface area contributed by atoms with Gasteiger partial charge in [-0.2, -0.15) is 0 Å².